The van der Waals surface area contributed by atoms with Crippen LogP contribution < -0.4 is 5.43 Å². The van der Waals surface area contributed by atoms with E-state index in [1.807, 2.05) is 4.57 Å². The Labute approximate surface area is 102 Å². The second-order valence-electron chi connectivity index (χ2n) is 3.33. The van der Waals surface area contributed by atoms with Gasteiger partial charge in [-0.2, -0.15) is 0 Å². The van der Waals surface area contributed by atoms with Crippen LogP contribution >= 0.6 is 22.6 Å². The van der Waals surface area contributed by atoms with E-state index >= 15 is 0 Å². The molecule has 0 aliphatic rings. The van der Waals surface area contributed by atoms with E-state index in [4.69, 9.17) is 0 Å². The van der Waals surface area contributed by atoms with E-state index in [9.17, 15) is 4.79 Å². The minimum Gasteiger partial charge on any atom is -0.350 e. The zero-order valence-electron chi connectivity index (χ0n) is 8.06. The topological polar surface area (TPSA) is 22.0 Å². The van der Waals surface area contributed by atoms with Crippen LogP contribution in [0.2, 0.25) is 0 Å². The molecule has 1 aromatic carbocycles. The molecule has 2 nitrogen and oxygen atoms in total. The Balaban J connectivity index is 2.18. The van der Waals surface area contributed by atoms with E-state index in [1.54, 1.807) is 24.5 Å². The van der Waals surface area contributed by atoms with Gasteiger partial charge in [0.25, 0.3) is 0 Å². The Kier molecular flexibility index (Phi) is 3.20. The number of nitrogens with zero attached hydrogens (tertiary/aromatic N) is 1. The summed E-state index contributed by atoms with van der Waals surface area (Å²) in [6.07, 6.45) is 3.61. The molecular formula is C12H10INO. The molecule has 0 fully saturated rings. The molecular weight excluding hydrogens is 301 g/mol. The highest BCUT2D eigenvalue weighted by Crippen LogP contribution is 2.07. The van der Waals surface area contributed by atoms with Crippen molar-refractivity contribution in [3.63, 3.8) is 0 Å². The SMILES string of the molecule is O=c1ccn(Cc2ccc(I)cc2)cc1. The van der Waals surface area contributed by atoms with Gasteiger partial charge in [-0.3, -0.25) is 4.79 Å². The van der Waals surface area contributed by atoms with Gasteiger partial charge in [0.15, 0.2) is 5.43 Å². The molecule has 1 aromatic heterocycles. The molecule has 0 amide bonds. The maximum Gasteiger partial charge on any atom is 0.181 e. The Morgan fingerprint density at radius 1 is 1.00 bits per heavy atom. The Bertz CT molecular complexity index is 481. The van der Waals surface area contributed by atoms with Crippen molar-refractivity contribution in [3.05, 3.63) is 68.1 Å². The summed E-state index contributed by atoms with van der Waals surface area (Å²) < 4.78 is 3.22. The molecule has 2 aromatic rings. The molecule has 0 unspecified atom stereocenters. The van der Waals surface area contributed by atoms with Crippen molar-refractivity contribution in [1.82, 2.24) is 4.57 Å². The van der Waals surface area contributed by atoms with Crippen molar-refractivity contribution < 1.29 is 0 Å². The summed E-state index contributed by atoms with van der Waals surface area (Å²) in [5.41, 5.74) is 1.29. The van der Waals surface area contributed by atoms with E-state index in [-0.39, 0.29) is 5.43 Å². The fourth-order valence-electron chi connectivity index (χ4n) is 1.35. The second kappa shape index (κ2) is 4.61. The number of rotatable bonds is 2. The van der Waals surface area contributed by atoms with Gasteiger partial charge in [-0.15, -0.1) is 0 Å². The highest BCUT2D eigenvalue weighted by atomic mass is 127. The predicted octanol–water partition coefficient (Wildman–Crippen LogP) is 2.50. The number of pyridine rings is 1. The van der Waals surface area contributed by atoms with Gasteiger partial charge in [-0.05, 0) is 40.3 Å². The largest absolute Gasteiger partial charge is 0.350 e. The summed E-state index contributed by atoms with van der Waals surface area (Å²) in [5.74, 6) is 0. The van der Waals surface area contributed by atoms with Gasteiger partial charge >= 0.3 is 0 Å². The molecule has 0 saturated heterocycles. The van der Waals surface area contributed by atoms with Crippen molar-refractivity contribution in [3.8, 4) is 0 Å². The molecule has 0 aliphatic carbocycles. The first-order valence-electron chi connectivity index (χ1n) is 4.64. The van der Waals surface area contributed by atoms with Crippen molar-refractivity contribution in [2.24, 2.45) is 0 Å². The molecule has 3 heteroatoms. The second-order valence-corrected chi connectivity index (χ2v) is 4.58. The normalized spacial score (nSPS) is 10.2. The quantitative estimate of drug-likeness (QED) is 0.781. The van der Waals surface area contributed by atoms with Crippen LogP contribution in [0.25, 0.3) is 0 Å². The maximum absolute atomic E-state index is 10.9. The third kappa shape index (κ3) is 2.92. The van der Waals surface area contributed by atoms with Gasteiger partial charge in [-0.25, -0.2) is 0 Å². The zero-order valence-corrected chi connectivity index (χ0v) is 10.2. The first kappa shape index (κ1) is 10.4. The van der Waals surface area contributed by atoms with Crippen LogP contribution in [0.15, 0.2) is 53.6 Å². The minimum absolute atomic E-state index is 0.0499. The van der Waals surface area contributed by atoms with Crippen molar-refractivity contribution in [2.45, 2.75) is 6.54 Å². The molecule has 0 atom stereocenters. The fourth-order valence-corrected chi connectivity index (χ4v) is 1.71. The van der Waals surface area contributed by atoms with E-state index in [1.165, 1.54) is 9.13 Å². The fraction of sp³-hybridized carbons (Fsp3) is 0.0833. The third-order valence-electron chi connectivity index (χ3n) is 2.14. The van der Waals surface area contributed by atoms with Crippen LogP contribution in [0.3, 0.4) is 0 Å². The number of hydrogen-bond acceptors (Lipinski definition) is 1. The van der Waals surface area contributed by atoms with E-state index in [0.29, 0.717) is 0 Å². The lowest BCUT2D eigenvalue weighted by molar-refractivity contribution is 0.788. The average Bonchev–Trinajstić information content (AvgIpc) is 2.25. The van der Waals surface area contributed by atoms with Gasteiger partial charge in [0.2, 0.25) is 0 Å². The lowest BCUT2D eigenvalue weighted by Crippen LogP contribution is -2.04. The zero-order chi connectivity index (χ0) is 10.7. The Morgan fingerprint density at radius 2 is 1.60 bits per heavy atom. The van der Waals surface area contributed by atoms with Crippen LogP contribution in [-0.4, -0.2) is 4.57 Å². The van der Waals surface area contributed by atoms with E-state index in [0.717, 1.165) is 6.54 Å². The smallest absolute Gasteiger partial charge is 0.181 e. The summed E-state index contributed by atoms with van der Waals surface area (Å²) in [6, 6.07) is 11.5. The number of aromatic nitrogens is 1. The lowest BCUT2D eigenvalue weighted by atomic mass is 10.2. The van der Waals surface area contributed by atoms with Crippen LogP contribution in [0, 0.1) is 3.57 Å². The average molecular weight is 311 g/mol. The van der Waals surface area contributed by atoms with Crippen LogP contribution in [0.4, 0.5) is 0 Å². The molecule has 0 N–H and O–H groups in total. The van der Waals surface area contributed by atoms with Gasteiger partial charge in [0.05, 0.1) is 0 Å². The molecule has 0 radical (unpaired) electrons. The van der Waals surface area contributed by atoms with Gasteiger partial charge in [0.1, 0.15) is 0 Å². The summed E-state index contributed by atoms with van der Waals surface area (Å²) in [6.45, 7) is 0.803. The van der Waals surface area contributed by atoms with Gasteiger partial charge in [-0.1, -0.05) is 12.1 Å². The van der Waals surface area contributed by atoms with Crippen molar-refractivity contribution in [1.29, 1.82) is 0 Å². The molecule has 76 valence electrons. The van der Waals surface area contributed by atoms with Gasteiger partial charge < -0.3 is 4.57 Å². The predicted molar refractivity (Wildman–Crippen MR) is 69.0 cm³/mol. The molecule has 0 aliphatic heterocycles. The molecule has 0 saturated carbocycles. The van der Waals surface area contributed by atoms with Crippen LogP contribution in [0.5, 0.6) is 0 Å². The Hall–Kier alpha value is -1.10. The van der Waals surface area contributed by atoms with E-state index < -0.39 is 0 Å². The third-order valence-corrected chi connectivity index (χ3v) is 2.86. The summed E-state index contributed by atoms with van der Waals surface area (Å²) in [5, 5.41) is 0. The first-order chi connectivity index (χ1) is 7.24. The molecule has 2 rings (SSSR count). The van der Waals surface area contributed by atoms with Crippen LogP contribution in [0.1, 0.15) is 5.56 Å². The maximum atomic E-state index is 10.9. The standard InChI is InChI=1S/C12H10INO/c13-11-3-1-10(2-4-11)9-14-7-5-12(15)6-8-14/h1-8H,9H2. The molecule has 0 bridgehead atoms. The summed E-state index contributed by atoms with van der Waals surface area (Å²) >= 11 is 2.28. The molecule has 1 heterocycles. The van der Waals surface area contributed by atoms with Gasteiger partial charge in [0, 0.05) is 34.6 Å². The number of hydrogen-bond donors (Lipinski definition) is 0. The number of halogens is 1. The highest BCUT2D eigenvalue weighted by Gasteiger charge is 1.93. The molecule has 15 heavy (non-hydrogen) atoms. The summed E-state index contributed by atoms with van der Waals surface area (Å²) in [4.78, 5) is 10.9. The Morgan fingerprint density at radius 3 is 2.20 bits per heavy atom. The van der Waals surface area contributed by atoms with Crippen molar-refractivity contribution >= 4 is 22.6 Å². The van der Waals surface area contributed by atoms with E-state index in [2.05, 4.69) is 46.9 Å². The highest BCUT2D eigenvalue weighted by molar-refractivity contribution is 14.1. The minimum atomic E-state index is 0.0499. The number of benzene rings is 1. The molecule has 0 spiro atoms. The monoisotopic (exact) mass is 311 g/mol. The van der Waals surface area contributed by atoms with Crippen molar-refractivity contribution in [2.75, 3.05) is 0 Å². The van der Waals surface area contributed by atoms with Crippen LogP contribution in [-0.2, 0) is 6.54 Å². The lowest BCUT2D eigenvalue weighted by Gasteiger charge is -2.05. The first-order valence-corrected chi connectivity index (χ1v) is 5.72. The summed E-state index contributed by atoms with van der Waals surface area (Å²) in [7, 11) is 0.